The van der Waals surface area contributed by atoms with Gasteiger partial charge in [-0.05, 0) is 42.7 Å². The van der Waals surface area contributed by atoms with E-state index in [-0.39, 0.29) is 11.8 Å². The molecule has 0 bridgehead atoms. The summed E-state index contributed by atoms with van der Waals surface area (Å²) in [6, 6.07) is 25.5. The van der Waals surface area contributed by atoms with Crippen LogP contribution in [0, 0.1) is 0 Å². The molecule has 4 aromatic rings. The second-order valence-corrected chi connectivity index (χ2v) is 9.86. The molecule has 1 aromatic heterocycles. The first-order valence-corrected chi connectivity index (χ1v) is 12.0. The zero-order valence-electron chi connectivity index (χ0n) is 19.3. The molecule has 1 aliphatic rings. The van der Waals surface area contributed by atoms with Crippen LogP contribution >= 0.6 is 11.3 Å². The molecular formula is C28H25N3O2S. The monoisotopic (exact) mass is 467 g/mol. The number of thiazole rings is 1. The summed E-state index contributed by atoms with van der Waals surface area (Å²) in [5.41, 5.74) is 4.90. The van der Waals surface area contributed by atoms with E-state index in [4.69, 9.17) is 0 Å². The summed E-state index contributed by atoms with van der Waals surface area (Å²) in [4.78, 5) is 32.4. The second kappa shape index (κ2) is 8.54. The summed E-state index contributed by atoms with van der Waals surface area (Å²) >= 11 is 1.39. The molecule has 5 nitrogen and oxygen atoms in total. The largest absolute Gasteiger partial charge is 0.314 e. The Kier molecular flexibility index (Phi) is 5.54. The number of amides is 2. The molecule has 5 rings (SSSR count). The summed E-state index contributed by atoms with van der Waals surface area (Å²) in [6.07, 6.45) is 0. The van der Waals surface area contributed by atoms with Crippen molar-refractivity contribution in [3.8, 4) is 11.3 Å². The molecule has 0 saturated carbocycles. The Labute approximate surface area is 203 Å². The van der Waals surface area contributed by atoms with Crippen molar-refractivity contribution < 1.29 is 9.59 Å². The van der Waals surface area contributed by atoms with Crippen LogP contribution in [0.15, 0.2) is 84.2 Å². The first-order chi connectivity index (χ1) is 16.4. The molecule has 34 heavy (non-hydrogen) atoms. The minimum Gasteiger partial charge on any atom is -0.314 e. The molecule has 0 spiro atoms. The summed E-state index contributed by atoms with van der Waals surface area (Å²) in [7, 11) is 1.81. The second-order valence-electron chi connectivity index (χ2n) is 9.00. The van der Waals surface area contributed by atoms with E-state index in [1.54, 1.807) is 4.90 Å². The Bertz CT molecular complexity index is 1320. The minimum absolute atomic E-state index is 0.0822. The highest BCUT2D eigenvalue weighted by atomic mass is 32.1. The van der Waals surface area contributed by atoms with Gasteiger partial charge in [-0.3, -0.25) is 9.59 Å². The van der Waals surface area contributed by atoms with Gasteiger partial charge in [-0.1, -0.05) is 66.7 Å². The molecule has 0 atom stereocenters. The van der Waals surface area contributed by atoms with E-state index in [2.05, 4.69) is 10.3 Å². The third-order valence-corrected chi connectivity index (χ3v) is 7.19. The molecule has 1 aliphatic heterocycles. The van der Waals surface area contributed by atoms with Crippen LogP contribution in [0.2, 0.25) is 0 Å². The molecule has 0 saturated heterocycles. The van der Waals surface area contributed by atoms with Crippen LogP contribution in [-0.4, -0.2) is 23.8 Å². The van der Waals surface area contributed by atoms with Gasteiger partial charge in [0.05, 0.1) is 17.0 Å². The Morgan fingerprint density at radius 1 is 0.971 bits per heavy atom. The van der Waals surface area contributed by atoms with Crippen LogP contribution in [0.3, 0.4) is 0 Å². The van der Waals surface area contributed by atoms with Gasteiger partial charge in [0, 0.05) is 23.7 Å². The molecule has 1 N–H and O–H groups in total. The standard InChI is InChI=1S/C28H25N3O2S/c1-28(2)21-16-20(14-15-23(21)31(3)26(28)33)22-17-34-27(29-22)30-25(32)24(18-10-6-4-7-11-18)19-12-8-5-9-13-19/h4-17,24H,1-3H3,(H,29,30,32). The molecule has 0 aliphatic carbocycles. The van der Waals surface area contributed by atoms with E-state index >= 15 is 0 Å². The first kappa shape index (κ1) is 22.0. The fourth-order valence-corrected chi connectivity index (χ4v) is 5.28. The third kappa shape index (κ3) is 3.80. The smallest absolute Gasteiger partial charge is 0.238 e. The SMILES string of the molecule is CN1C(=O)C(C)(C)c2cc(-c3csc(NC(=O)C(c4ccccc4)c4ccccc4)n3)ccc21. The average Bonchev–Trinajstić information content (AvgIpc) is 3.38. The van der Waals surface area contributed by atoms with Gasteiger partial charge in [-0.15, -0.1) is 11.3 Å². The van der Waals surface area contributed by atoms with Gasteiger partial charge in [-0.2, -0.15) is 0 Å². The molecule has 0 fully saturated rings. The van der Waals surface area contributed by atoms with Crippen LogP contribution in [0.5, 0.6) is 0 Å². The van der Waals surface area contributed by atoms with E-state index in [0.29, 0.717) is 5.13 Å². The van der Waals surface area contributed by atoms with Gasteiger partial charge in [0.2, 0.25) is 11.8 Å². The number of aromatic nitrogens is 1. The fourth-order valence-electron chi connectivity index (χ4n) is 4.56. The van der Waals surface area contributed by atoms with E-state index in [9.17, 15) is 9.59 Å². The molecule has 2 heterocycles. The molecule has 2 amide bonds. The first-order valence-electron chi connectivity index (χ1n) is 11.2. The summed E-state index contributed by atoms with van der Waals surface area (Å²) in [5.74, 6) is -0.476. The van der Waals surface area contributed by atoms with Gasteiger partial charge in [0.25, 0.3) is 0 Å². The van der Waals surface area contributed by atoms with Crippen LogP contribution in [0.1, 0.15) is 36.5 Å². The van der Waals surface area contributed by atoms with E-state index in [1.165, 1.54) is 11.3 Å². The lowest BCUT2D eigenvalue weighted by Gasteiger charge is -2.17. The van der Waals surface area contributed by atoms with Crippen molar-refractivity contribution in [2.45, 2.75) is 25.2 Å². The van der Waals surface area contributed by atoms with Crippen molar-refractivity contribution in [3.05, 3.63) is 101 Å². The zero-order valence-corrected chi connectivity index (χ0v) is 20.1. The van der Waals surface area contributed by atoms with Gasteiger partial charge in [0.15, 0.2) is 5.13 Å². The Balaban J connectivity index is 1.42. The minimum atomic E-state index is -0.578. The zero-order chi connectivity index (χ0) is 23.9. The quantitative estimate of drug-likeness (QED) is 0.401. The lowest BCUT2D eigenvalue weighted by Crippen LogP contribution is -2.33. The average molecular weight is 468 g/mol. The molecular weight excluding hydrogens is 442 g/mol. The Morgan fingerprint density at radius 2 is 1.59 bits per heavy atom. The number of carbonyl (C=O) groups is 2. The fraction of sp³-hybridized carbons (Fsp3) is 0.179. The lowest BCUT2D eigenvalue weighted by molar-refractivity contribution is -0.121. The third-order valence-electron chi connectivity index (χ3n) is 6.43. The van der Waals surface area contributed by atoms with Gasteiger partial charge in [-0.25, -0.2) is 4.98 Å². The van der Waals surface area contributed by atoms with Crippen molar-refractivity contribution in [1.29, 1.82) is 0 Å². The van der Waals surface area contributed by atoms with Gasteiger partial charge in [0.1, 0.15) is 0 Å². The predicted octanol–water partition coefficient (Wildman–Crippen LogP) is 5.83. The highest BCUT2D eigenvalue weighted by Gasteiger charge is 2.42. The molecule has 3 aromatic carbocycles. The van der Waals surface area contributed by atoms with E-state index < -0.39 is 11.3 Å². The van der Waals surface area contributed by atoms with Gasteiger partial charge < -0.3 is 10.2 Å². The summed E-state index contributed by atoms with van der Waals surface area (Å²) < 4.78 is 0. The highest BCUT2D eigenvalue weighted by Crippen LogP contribution is 2.42. The number of hydrogen-bond acceptors (Lipinski definition) is 4. The number of nitrogens with one attached hydrogen (secondary N) is 1. The molecule has 0 unspecified atom stereocenters. The summed E-state index contributed by atoms with van der Waals surface area (Å²) in [6.45, 7) is 3.89. The lowest BCUT2D eigenvalue weighted by atomic mass is 9.85. The van der Waals surface area contributed by atoms with E-state index in [0.717, 1.165) is 33.6 Å². The van der Waals surface area contributed by atoms with Crippen LogP contribution in [0.25, 0.3) is 11.3 Å². The number of fused-ring (bicyclic) bond motifs is 1. The van der Waals surface area contributed by atoms with Crippen LogP contribution in [0.4, 0.5) is 10.8 Å². The van der Waals surface area contributed by atoms with Crippen molar-refractivity contribution in [2.24, 2.45) is 0 Å². The maximum Gasteiger partial charge on any atom is 0.238 e. The number of hydrogen-bond donors (Lipinski definition) is 1. The number of anilines is 2. The predicted molar refractivity (Wildman–Crippen MR) is 137 cm³/mol. The van der Waals surface area contributed by atoms with E-state index in [1.807, 2.05) is 105 Å². The molecule has 170 valence electrons. The maximum absolute atomic E-state index is 13.4. The van der Waals surface area contributed by atoms with Crippen molar-refractivity contribution in [1.82, 2.24) is 4.98 Å². The highest BCUT2D eigenvalue weighted by molar-refractivity contribution is 7.14. The number of nitrogens with zero attached hydrogens (tertiary/aromatic N) is 2. The topological polar surface area (TPSA) is 62.3 Å². The normalized spacial score (nSPS) is 14.4. The van der Waals surface area contributed by atoms with Gasteiger partial charge >= 0.3 is 0 Å². The Morgan fingerprint density at radius 3 is 2.21 bits per heavy atom. The van der Waals surface area contributed by atoms with Crippen molar-refractivity contribution >= 4 is 34.0 Å². The molecule has 6 heteroatoms. The van der Waals surface area contributed by atoms with Crippen molar-refractivity contribution in [2.75, 3.05) is 17.3 Å². The van der Waals surface area contributed by atoms with Crippen LogP contribution in [-0.2, 0) is 15.0 Å². The van der Waals surface area contributed by atoms with Crippen molar-refractivity contribution in [3.63, 3.8) is 0 Å². The number of likely N-dealkylation sites (N-methyl/N-ethyl adjacent to an activating group) is 1. The number of rotatable bonds is 5. The number of benzene rings is 3. The summed E-state index contributed by atoms with van der Waals surface area (Å²) in [5, 5.41) is 5.50. The Hall–Kier alpha value is -3.77. The molecule has 0 radical (unpaired) electrons. The maximum atomic E-state index is 13.4. The van der Waals surface area contributed by atoms with Crippen LogP contribution < -0.4 is 10.2 Å². The number of carbonyl (C=O) groups excluding carboxylic acids is 2.